The Morgan fingerprint density at radius 2 is 2.17 bits per heavy atom. The summed E-state index contributed by atoms with van der Waals surface area (Å²) >= 11 is 7.98. The molecule has 1 aliphatic carbocycles. The van der Waals surface area contributed by atoms with Crippen LogP contribution in [0.15, 0.2) is 18.2 Å². The number of hydrogen-bond donors (Lipinski definition) is 1. The molecule has 1 aromatic carbocycles. The van der Waals surface area contributed by atoms with Crippen molar-refractivity contribution in [1.82, 2.24) is 4.98 Å². The summed E-state index contributed by atoms with van der Waals surface area (Å²) in [5.41, 5.74) is 6.94. The predicted molar refractivity (Wildman–Crippen MR) is 78.4 cm³/mol. The van der Waals surface area contributed by atoms with Crippen LogP contribution in [-0.2, 0) is 0 Å². The maximum absolute atomic E-state index is 6.23. The first kappa shape index (κ1) is 12.4. The minimum Gasteiger partial charge on any atom is -0.330 e. The van der Waals surface area contributed by atoms with Gasteiger partial charge in [-0.15, -0.1) is 11.3 Å². The Hall–Kier alpha value is -0.640. The maximum Gasteiger partial charge on any atom is 0.0973 e. The van der Waals surface area contributed by atoms with E-state index in [9.17, 15) is 0 Å². The molecular weight excluding hydrogens is 264 g/mol. The van der Waals surface area contributed by atoms with E-state index in [-0.39, 0.29) is 0 Å². The van der Waals surface area contributed by atoms with Crippen LogP contribution in [0.5, 0.6) is 0 Å². The highest BCUT2D eigenvalue weighted by Crippen LogP contribution is 2.41. The lowest BCUT2D eigenvalue weighted by atomic mass is 9.79. The van der Waals surface area contributed by atoms with Gasteiger partial charge in [0.05, 0.1) is 20.2 Å². The summed E-state index contributed by atoms with van der Waals surface area (Å²) in [5, 5.41) is 2.05. The van der Waals surface area contributed by atoms with Crippen LogP contribution >= 0.6 is 22.9 Å². The van der Waals surface area contributed by atoms with Crippen molar-refractivity contribution in [3.05, 3.63) is 28.2 Å². The molecule has 0 saturated heterocycles. The van der Waals surface area contributed by atoms with Crippen molar-refractivity contribution < 1.29 is 0 Å². The number of aromatic nitrogens is 1. The van der Waals surface area contributed by atoms with Gasteiger partial charge in [-0.25, -0.2) is 4.98 Å². The molecule has 0 bridgehead atoms. The third-order valence-corrected chi connectivity index (χ3v) is 5.58. The van der Waals surface area contributed by atoms with Gasteiger partial charge in [-0.2, -0.15) is 0 Å². The van der Waals surface area contributed by atoms with Crippen molar-refractivity contribution in [3.8, 4) is 0 Å². The second-order valence-electron chi connectivity index (χ2n) is 5.03. The minimum absolute atomic E-state index is 0.539. The topological polar surface area (TPSA) is 38.9 Å². The van der Waals surface area contributed by atoms with E-state index in [1.807, 2.05) is 18.2 Å². The Bertz CT molecular complexity index is 552. The number of rotatable bonds is 2. The third kappa shape index (κ3) is 2.15. The number of nitrogens with two attached hydrogens (primary N) is 1. The third-order valence-electron chi connectivity index (χ3n) is 3.91. The van der Waals surface area contributed by atoms with Crippen LogP contribution in [0.2, 0.25) is 5.02 Å². The van der Waals surface area contributed by atoms with Gasteiger partial charge < -0.3 is 5.73 Å². The van der Waals surface area contributed by atoms with E-state index < -0.39 is 0 Å². The number of fused-ring (bicyclic) bond motifs is 1. The molecule has 4 heteroatoms. The molecule has 0 spiro atoms. The van der Waals surface area contributed by atoms with Gasteiger partial charge >= 0.3 is 0 Å². The van der Waals surface area contributed by atoms with E-state index in [2.05, 4.69) is 0 Å². The van der Waals surface area contributed by atoms with E-state index >= 15 is 0 Å². The maximum atomic E-state index is 6.23. The minimum atomic E-state index is 0.539. The summed E-state index contributed by atoms with van der Waals surface area (Å²) in [7, 11) is 0. The summed E-state index contributed by atoms with van der Waals surface area (Å²) in [5.74, 6) is 1.13. The molecule has 0 radical (unpaired) electrons. The average molecular weight is 281 g/mol. The lowest BCUT2D eigenvalue weighted by Gasteiger charge is -2.28. The van der Waals surface area contributed by atoms with Crippen molar-refractivity contribution in [3.63, 3.8) is 0 Å². The first-order valence-electron chi connectivity index (χ1n) is 6.54. The molecule has 2 unspecified atom stereocenters. The van der Waals surface area contributed by atoms with Crippen LogP contribution in [0.4, 0.5) is 0 Å². The SMILES string of the molecule is NCC1CCCCC1c1nc2cccc(Cl)c2s1. The molecule has 2 N–H and O–H groups in total. The molecule has 18 heavy (non-hydrogen) atoms. The van der Waals surface area contributed by atoms with Crippen molar-refractivity contribution in [2.45, 2.75) is 31.6 Å². The Balaban J connectivity index is 2.00. The molecule has 96 valence electrons. The van der Waals surface area contributed by atoms with Gasteiger partial charge in [-0.1, -0.05) is 30.5 Å². The zero-order valence-electron chi connectivity index (χ0n) is 10.2. The molecule has 2 nitrogen and oxygen atoms in total. The lowest BCUT2D eigenvalue weighted by Crippen LogP contribution is -2.25. The number of nitrogens with zero attached hydrogens (tertiary/aromatic N) is 1. The lowest BCUT2D eigenvalue weighted by molar-refractivity contribution is 0.314. The standard InChI is InChI=1S/C14H17ClN2S/c15-11-6-3-7-12-13(11)18-14(17-12)10-5-2-1-4-9(10)8-16/h3,6-7,9-10H,1-2,4-5,8,16H2. The second kappa shape index (κ2) is 5.16. The summed E-state index contributed by atoms with van der Waals surface area (Å²) in [4.78, 5) is 4.77. The van der Waals surface area contributed by atoms with Crippen LogP contribution in [0.25, 0.3) is 10.2 Å². The van der Waals surface area contributed by atoms with Crippen molar-refractivity contribution >= 4 is 33.2 Å². The fourth-order valence-electron chi connectivity index (χ4n) is 2.91. The van der Waals surface area contributed by atoms with Crippen LogP contribution < -0.4 is 5.73 Å². The molecule has 1 aliphatic rings. The Kier molecular flexibility index (Phi) is 3.55. The molecule has 1 heterocycles. The molecule has 1 fully saturated rings. The van der Waals surface area contributed by atoms with Crippen LogP contribution in [0, 0.1) is 5.92 Å². The molecule has 0 amide bonds. The quantitative estimate of drug-likeness (QED) is 0.896. The van der Waals surface area contributed by atoms with Crippen LogP contribution in [0.3, 0.4) is 0 Å². The molecule has 3 rings (SSSR count). The van der Waals surface area contributed by atoms with Gasteiger partial charge in [0, 0.05) is 5.92 Å². The van der Waals surface area contributed by atoms with Gasteiger partial charge in [0.15, 0.2) is 0 Å². The summed E-state index contributed by atoms with van der Waals surface area (Å²) in [6.07, 6.45) is 5.07. The van der Waals surface area contributed by atoms with Crippen molar-refractivity contribution in [2.24, 2.45) is 11.7 Å². The molecule has 1 aromatic heterocycles. The fourth-order valence-corrected chi connectivity index (χ4v) is 4.39. The second-order valence-corrected chi connectivity index (χ2v) is 6.46. The number of benzene rings is 1. The molecule has 0 aliphatic heterocycles. The van der Waals surface area contributed by atoms with Gasteiger partial charge in [0.1, 0.15) is 0 Å². The van der Waals surface area contributed by atoms with Crippen LogP contribution in [-0.4, -0.2) is 11.5 Å². The highest BCUT2D eigenvalue weighted by molar-refractivity contribution is 7.19. The number of hydrogen-bond acceptors (Lipinski definition) is 3. The summed E-state index contributed by atoms with van der Waals surface area (Å²) in [6.45, 7) is 0.772. The van der Waals surface area contributed by atoms with E-state index in [0.29, 0.717) is 11.8 Å². The number of halogens is 1. The highest BCUT2D eigenvalue weighted by atomic mass is 35.5. The van der Waals surface area contributed by atoms with E-state index in [1.54, 1.807) is 11.3 Å². The normalized spacial score (nSPS) is 24.6. The molecule has 2 aromatic rings. The molecule has 1 saturated carbocycles. The number of thiazole rings is 1. The van der Waals surface area contributed by atoms with Crippen molar-refractivity contribution in [1.29, 1.82) is 0 Å². The zero-order valence-corrected chi connectivity index (χ0v) is 11.8. The van der Waals surface area contributed by atoms with E-state index in [0.717, 1.165) is 21.8 Å². The summed E-state index contributed by atoms with van der Waals surface area (Å²) in [6, 6.07) is 5.95. The largest absolute Gasteiger partial charge is 0.330 e. The van der Waals surface area contributed by atoms with E-state index in [1.165, 1.54) is 30.7 Å². The van der Waals surface area contributed by atoms with E-state index in [4.69, 9.17) is 22.3 Å². The van der Waals surface area contributed by atoms with Crippen LogP contribution in [0.1, 0.15) is 36.6 Å². The van der Waals surface area contributed by atoms with Gasteiger partial charge in [0.25, 0.3) is 0 Å². The average Bonchev–Trinajstić information content (AvgIpc) is 2.84. The zero-order chi connectivity index (χ0) is 12.5. The Labute approximate surface area is 116 Å². The Morgan fingerprint density at radius 1 is 1.33 bits per heavy atom. The first-order valence-corrected chi connectivity index (χ1v) is 7.74. The molecular formula is C14H17ClN2S. The smallest absolute Gasteiger partial charge is 0.0973 e. The fraction of sp³-hybridized carbons (Fsp3) is 0.500. The van der Waals surface area contributed by atoms with Gasteiger partial charge in [-0.3, -0.25) is 0 Å². The van der Waals surface area contributed by atoms with Gasteiger partial charge in [0.2, 0.25) is 0 Å². The predicted octanol–water partition coefficient (Wildman–Crippen LogP) is 4.18. The molecule has 2 atom stereocenters. The van der Waals surface area contributed by atoms with Crippen molar-refractivity contribution in [2.75, 3.05) is 6.54 Å². The highest BCUT2D eigenvalue weighted by Gasteiger charge is 2.28. The Morgan fingerprint density at radius 3 is 2.94 bits per heavy atom. The van der Waals surface area contributed by atoms with Gasteiger partial charge in [-0.05, 0) is 37.4 Å². The first-order chi connectivity index (χ1) is 8.79. The summed E-state index contributed by atoms with van der Waals surface area (Å²) < 4.78 is 1.12. The monoisotopic (exact) mass is 280 g/mol.